The molecule has 0 bridgehead atoms. The minimum absolute atomic E-state index is 0.854. The van der Waals surface area contributed by atoms with Gasteiger partial charge in [0.1, 0.15) is 11.5 Å². The average molecular weight is 290 g/mol. The van der Waals surface area contributed by atoms with Crippen molar-refractivity contribution in [2.24, 2.45) is 0 Å². The van der Waals surface area contributed by atoms with Crippen LogP contribution in [0.2, 0.25) is 0 Å². The molecule has 0 N–H and O–H groups in total. The first-order valence-corrected chi connectivity index (χ1v) is 7.19. The van der Waals surface area contributed by atoms with Crippen molar-refractivity contribution in [3.05, 3.63) is 72.8 Å². The highest BCUT2D eigenvalue weighted by atomic mass is 16.5. The van der Waals surface area contributed by atoms with Crippen LogP contribution in [-0.2, 0) is 0 Å². The Kier molecular flexibility index (Phi) is 4.10. The maximum atomic E-state index is 5.46. The molecule has 0 unspecified atom stereocenters. The van der Waals surface area contributed by atoms with E-state index in [2.05, 4.69) is 36.4 Å². The summed E-state index contributed by atoms with van der Waals surface area (Å²) in [6.45, 7) is 0. The van der Waals surface area contributed by atoms with E-state index >= 15 is 0 Å². The zero-order valence-corrected chi connectivity index (χ0v) is 12.7. The fourth-order valence-corrected chi connectivity index (χ4v) is 2.46. The van der Waals surface area contributed by atoms with Crippen molar-refractivity contribution < 1.29 is 9.47 Å². The Labute approximate surface area is 131 Å². The summed E-state index contributed by atoms with van der Waals surface area (Å²) in [4.78, 5) is 0. The first-order chi connectivity index (χ1) is 10.8. The van der Waals surface area contributed by atoms with Crippen LogP contribution in [0.3, 0.4) is 0 Å². The Balaban J connectivity index is 2.07. The Hall–Kier alpha value is -2.74. The smallest absolute Gasteiger partial charge is 0.120 e. The molecule has 0 atom stereocenters. The van der Waals surface area contributed by atoms with E-state index in [1.165, 1.54) is 5.56 Å². The minimum atomic E-state index is 0.854. The number of benzene rings is 3. The van der Waals surface area contributed by atoms with Crippen molar-refractivity contribution in [3.63, 3.8) is 0 Å². The third-order valence-corrected chi connectivity index (χ3v) is 3.67. The van der Waals surface area contributed by atoms with Crippen molar-refractivity contribution in [2.75, 3.05) is 14.2 Å². The first-order valence-electron chi connectivity index (χ1n) is 7.19. The van der Waals surface area contributed by atoms with Gasteiger partial charge in [0.2, 0.25) is 0 Å². The average Bonchev–Trinajstić information content (AvgIpc) is 2.62. The summed E-state index contributed by atoms with van der Waals surface area (Å²) in [5, 5.41) is 0. The number of rotatable bonds is 4. The normalized spacial score (nSPS) is 10.3. The van der Waals surface area contributed by atoms with Gasteiger partial charge in [0, 0.05) is 0 Å². The summed E-state index contributed by atoms with van der Waals surface area (Å²) < 4.78 is 10.7. The largest absolute Gasteiger partial charge is 0.497 e. The van der Waals surface area contributed by atoms with Crippen LogP contribution in [0, 0.1) is 0 Å². The molecule has 2 nitrogen and oxygen atoms in total. The summed E-state index contributed by atoms with van der Waals surface area (Å²) >= 11 is 0. The van der Waals surface area contributed by atoms with Crippen molar-refractivity contribution in [1.82, 2.24) is 0 Å². The fraction of sp³-hybridized carbons (Fsp3) is 0.100. The molecule has 0 aliphatic rings. The van der Waals surface area contributed by atoms with Gasteiger partial charge in [-0.2, -0.15) is 0 Å². The first kappa shape index (κ1) is 14.2. The molecule has 0 fully saturated rings. The van der Waals surface area contributed by atoms with Crippen LogP contribution >= 0.6 is 0 Å². The lowest BCUT2D eigenvalue weighted by atomic mass is 9.98. The van der Waals surface area contributed by atoms with Crippen molar-refractivity contribution in [3.8, 4) is 33.8 Å². The molecule has 0 aromatic heterocycles. The van der Waals surface area contributed by atoms with Crippen molar-refractivity contribution in [1.29, 1.82) is 0 Å². The van der Waals surface area contributed by atoms with E-state index in [1.54, 1.807) is 14.2 Å². The van der Waals surface area contributed by atoms with Crippen LogP contribution < -0.4 is 9.47 Å². The zero-order valence-electron chi connectivity index (χ0n) is 12.7. The lowest BCUT2D eigenvalue weighted by Gasteiger charge is -2.10. The van der Waals surface area contributed by atoms with Gasteiger partial charge in [-0.1, -0.05) is 42.5 Å². The Morgan fingerprint density at radius 1 is 0.500 bits per heavy atom. The number of methoxy groups -OCH3 is 2. The maximum absolute atomic E-state index is 5.46. The molecule has 3 aromatic carbocycles. The van der Waals surface area contributed by atoms with Gasteiger partial charge >= 0.3 is 0 Å². The molecule has 0 spiro atoms. The van der Waals surface area contributed by atoms with Gasteiger partial charge in [-0.15, -0.1) is 0 Å². The molecule has 0 amide bonds. The monoisotopic (exact) mass is 290 g/mol. The van der Waals surface area contributed by atoms with Crippen LogP contribution in [0.25, 0.3) is 22.3 Å². The maximum Gasteiger partial charge on any atom is 0.120 e. The van der Waals surface area contributed by atoms with Gasteiger partial charge in [0.15, 0.2) is 0 Å². The van der Waals surface area contributed by atoms with Crippen LogP contribution in [0.5, 0.6) is 11.5 Å². The van der Waals surface area contributed by atoms with E-state index in [-0.39, 0.29) is 0 Å². The lowest BCUT2D eigenvalue weighted by molar-refractivity contribution is 0.414. The van der Waals surface area contributed by atoms with Crippen molar-refractivity contribution in [2.45, 2.75) is 0 Å². The second kappa shape index (κ2) is 6.35. The molecular weight excluding hydrogens is 272 g/mol. The minimum Gasteiger partial charge on any atom is -0.497 e. The summed E-state index contributed by atoms with van der Waals surface area (Å²) in [5.41, 5.74) is 4.58. The lowest BCUT2D eigenvalue weighted by Crippen LogP contribution is -1.88. The van der Waals surface area contributed by atoms with Crippen LogP contribution in [-0.4, -0.2) is 14.2 Å². The van der Waals surface area contributed by atoms with Gasteiger partial charge in [0.25, 0.3) is 0 Å². The molecule has 22 heavy (non-hydrogen) atoms. The molecule has 0 radical (unpaired) electrons. The molecule has 3 aromatic rings. The third-order valence-electron chi connectivity index (χ3n) is 3.67. The second-order valence-corrected chi connectivity index (χ2v) is 5.04. The number of hydrogen-bond donors (Lipinski definition) is 0. The quantitative estimate of drug-likeness (QED) is 0.670. The molecule has 0 saturated heterocycles. The summed E-state index contributed by atoms with van der Waals surface area (Å²) in [5.74, 6) is 1.71. The Morgan fingerprint density at radius 2 is 1.05 bits per heavy atom. The van der Waals surface area contributed by atoms with E-state index in [1.807, 2.05) is 36.4 Å². The molecule has 3 rings (SSSR count). The zero-order chi connectivity index (χ0) is 15.4. The molecule has 2 heteroatoms. The number of hydrogen-bond acceptors (Lipinski definition) is 2. The fourth-order valence-electron chi connectivity index (χ4n) is 2.46. The van der Waals surface area contributed by atoms with E-state index in [0.717, 1.165) is 28.2 Å². The molecular formula is C20H18O2. The highest BCUT2D eigenvalue weighted by molar-refractivity contribution is 5.75. The standard InChI is InChI=1S/C20H18O2/c1-21-19-10-8-16(9-11-19)18-12-17(13-20(14-18)22-2)15-6-4-3-5-7-15/h3-14H,1-2H3. The Bertz CT molecular complexity index is 746. The molecule has 110 valence electrons. The summed E-state index contributed by atoms with van der Waals surface area (Å²) in [6, 6.07) is 24.7. The molecule has 0 aliphatic carbocycles. The van der Waals surface area contributed by atoms with Crippen molar-refractivity contribution >= 4 is 0 Å². The topological polar surface area (TPSA) is 18.5 Å². The number of ether oxygens (including phenoxy) is 2. The van der Waals surface area contributed by atoms with E-state index in [0.29, 0.717) is 0 Å². The van der Waals surface area contributed by atoms with E-state index in [9.17, 15) is 0 Å². The predicted octanol–water partition coefficient (Wildman–Crippen LogP) is 5.04. The van der Waals surface area contributed by atoms with E-state index in [4.69, 9.17) is 9.47 Å². The van der Waals surface area contributed by atoms with Gasteiger partial charge in [-0.05, 0) is 52.6 Å². The highest BCUT2D eigenvalue weighted by Crippen LogP contribution is 2.32. The molecule has 0 aliphatic heterocycles. The van der Waals surface area contributed by atoms with Gasteiger partial charge in [-0.25, -0.2) is 0 Å². The SMILES string of the molecule is COc1ccc(-c2cc(OC)cc(-c3ccccc3)c2)cc1. The second-order valence-electron chi connectivity index (χ2n) is 5.04. The summed E-state index contributed by atoms with van der Waals surface area (Å²) in [6.07, 6.45) is 0. The van der Waals surface area contributed by atoms with Crippen LogP contribution in [0.15, 0.2) is 72.8 Å². The van der Waals surface area contributed by atoms with Gasteiger partial charge in [-0.3, -0.25) is 0 Å². The van der Waals surface area contributed by atoms with Crippen LogP contribution in [0.1, 0.15) is 0 Å². The molecule has 0 saturated carbocycles. The Morgan fingerprint density at radius 3 is 1.59 bits per heavy atom. The van der Waals surface area contributed by atoms with Gasteiger partial charge in [0.05, 0.1) is 14.2 Å². The van der Waals surface area contributed by atoms with Crippen LogP contribution in [0.4, 0.5) is 0 Å². The highest BCUT2D eigenvalue weighted by Gasteiger charge is 2.06. The summed E-state index contributed by atoms with van der Waals surface area (Å²) in [7, 11) is 3.37. The predicted molar refractivity (Wildman–Crippen MR) is 90.4 cm³/mol. The van der Waals surface area contributed by atoms with Gasteiger partial charge < -0.3 is 9.47 Å². The third kappa shape index (κ3) is 2.96. The van der Waals surface area contributed by atoms with E-state index < -0.39 is 0 Å². The molecule has 0 heterocycles.